The first kappa shape index (κ1) is 19.2. The lowest BCUT2D eigenvalue weighted by Crippen LogP contribution is -2.25. The van der Waals surface area contributed by atoms with Crippen LogP contribution in [0.3, 0.4) is 0 Å². The van der Waals surface area contributed by atoms with Crippen molar-refractivity contribution in [1.82, 2.24) is 5.43 Å². The summed E-state index contributed by atoms with van der Waals surface area (Å²) in [4.78, 5) is 12.1. The monoisotopic (exact) mass is 374 g/mol. The molecule has 5 nitrogen and oxygen atoms in total. The van der Waals surface area contributed by atoms with Gasteiger partial charge in [0.1, 0.15) is 11.5 Å². The van der Waals surface area contributed by atoms with Gasteiger partial charge in [0.2, 0.25) is 0 Å². The lowest BCUT2D eigenvalue weighted by Gasteiger charge is -2.11. The van der Waals surface area contributed by atoms with E-state index in [1.807, 2.05) is 85.8 Å². The average molecular weight is 374 g/mol. The molecule has 1 amide bonds. The number of carbonyl (C=O) groups is 1. The quantitative estimate of drug-likeness (QED) is 0.496. The minimum atomic E-state index is -0.323. The maximum Gasteiger partial charge on any atom is 0.277 e. The Labute approximate surface area is 164 Å². The molecule has 5 heteroatoms. The summed E-state index contributed by atoms with van der Waals surface area (Å²) in [6, 6.07) is 25.0. The fourth-order valence-electron chi connectivity index (χ4n) is 2.67. The number of rotatable bonds is 7. The third-order valence-corrected chi connectivity index (χ3v) is 4.19. The van der Waals surface area contributed by atoms with Crippen LogP contribution in [0.5, 0.6) is 11.5 Å². The van der Waals surface area contributed by atoms with Gasteiger partial charge in [-0.3, -0.25) is 4.79 Å². The van der Waals surface area contributed by atoms with E-state index in [1.165, 1.54) is 0 Å². The van der Waals surface area contributed by atoms with E-state index in [2.05, 4.69) is 10.5 Å². The van der Waals surface area contributed by atoms with Gasteiger partial charge < -0.3 is 9.47 Å². The van der Waals surface area contributed by atoms with Crippen LogP contribution in [-0.4, -0.2) is 25.3 Å². The number of benzene rings is 3. The Bertz CT molecular complexity index is 951. The van der Waals surface area contributed by atoms with Crippen molar-refractivity contribution in [2.75, 3.05) is 13.7 Å². The molecule has 0 saturated heterocycles. The highest BCUT2D eigenvalue weighted by atomic mass is 16.5. The van der Waals surface area contributed by atoms with Crippen molar-refractivity contribution in [2.24, 2.45) is 5.10 Å². The number of amides is 1. The number of ether oxygens (including phenoxy) is 2. The number of hydrogen-bond donors (Lipinski definition) is 1. The van der Waals surface area contributed by atoms with Gasteiger partial charge >= 0.3 is 0 Å². The summed E-state index contributed by atoms with van der Waals surface area (Å²) in [5.74, 6) is 1.10. The maximum atomic E-state index is 12.1. The minimum Gasteiger partial charge on any atom is -0.497 e. The highest BCUT2D eigenvalue weighted by Crippen LogP contribution is 2.29. The number of nitrogens with zero attached hydrogens (tertiary/aromatic N) is 1. The molecule has 28 heavy (non-hydrogen) atoms. The molecule has 3 aromatic rings. The Morgan fingerprint density at radius 2 is 1.61 bits per heavy atom. The molecule has 0 aliphatic carbocycles. The smallest absolute Gasteiger partial charge is 0.277 e. The summed E-state index contributed by atoms with van der Waals surface area (Å²) in [5.41, 5.74) is 6.10. The van der Waals surface area contributed by atoms with E-state index in [1.54, 1.807) is 7.11 Å². The number of nitrogens with one attached hydrogen (secondary N) is 1. The second-order valence-electron chi connectivity index (χ2n) is 6.11. The number of hydrazone groups is 1. The molecule has 0 saturated carbocycles. The summed E-state index contributed by atoms with van der Waals surface area (Å²) >= 11 is 0. The lowest BCUT2D eigenvalue weighted by atomic mass is 10.1. The van der Waals surface area contributed by atoms with E-state index in [0.717, 1.165) is 22.4 Å². The van der Waals surface area contributed by atoms with E-state index in [9.17, 15) is 4.79 Å². The SMILES string of the molecule is COc1ccc(/C(C)=N/NC(=O)COc2ccccc2-c2ccccc2)cc1. The number of hydrogen-bond acceptors (Lipinski definition) is 4. The molecule has 0 aromatic heterocycles. The van der Waals surface area contributed by atoms with Gasteiger partial charge in [0.15, 0.2) is 6.61 Å². The summed E-state index contributed by atoms with van der Waals surface area (Å²) in [5, 5.41) is 4.14. The highest BCUT2D eigenvalue weighted by molar-refractivity contribution is 5.99. The Hall–Kier alpha value is -3.60. The molecule has 3 rings (SSSR count). The molecular weight excluding hydrogens is 352 g/mol. The summed E-state index contributed by atoms with van der Waals surface area (Å²) in [6.45, 7) is 1.71. The molecule has 0 spiro atoms. The molecule has 0 radical (unpaired) electrons. The predicted octanol–water partition coefficient (Wildman–Crippen LogP) is 4.28. The van der Waals surface area contributed by atoms with Gasteiger partial charge in [-0.25, -0.2) is 5.43 Å². The topological polar surface area (TPSA) is 59.9 Å². The van der Waals surface area contributed by atoms with Crippen LogP contribution in [0, 0.1) is 0 Å². The molecule has 142 valence electrons. The van der Waals surface area contributed by atoms with Crippen LogP contribution in [0.15, 0.2) is 84.0 Å². The van der Waals surface area contributed by atoms with Gasteiger partial charge in [-0.2, -0.15) is 5.10 Å². The van der Waals surface area contributed by atoms with Gasteiger partial charge in [-0.05, 0) is 48.4 Å². The molecule has 0 bridgehead atoms. The number of methoxy groups -OCH3 is 1. The van der Waals surface area contributed by atoms with Crippen molar-refractivity contribution in [2.45, 2.75) is 6.92 Å². The zero-order valence-corrected chi connectivity index (χ0v) is 15.9. The van der Waals surface area contributed by atoms with E-state index < -0.39 is 0 Å². The lowest BCUT2D eigenvalue weighted by molar-refractivity contribution is -0.123. The van der Waals surface area contributed by atoms with Crippen LogP contribution >= 0.6 is 0 Å². The molecule has 0 unspecified atom stereocenters. The molecule has 0 aliphatic heterocycles. The van der Waals surface area contributed by atoms with Crippen LogP contribution in [0.4, 0.5) is 0 Å². The second kappa shape index (κ2) is 9.37. The molecule has 1 N–H and O–H groups in total. The van der Waals surface area contributed by atoms with E-state index in [4.69, 9.17) is 9.47 Å². The first-order valence-electron chi connectivity index (χ1n) is 8.92. The minimum absolute atomic E-state index is 0.122. The average Bonchev–Trinajstić information content (AvgIpc) is 2.77. The highest BCUT2D eigenvalue weighted by Gasteiger charge is 2.08. The van der Waals surface area contributed by atoms with Crippen LogP contribution in [0.25, 0.3) is 11.1 Å². The van der Waals surface area contributed by atoms with E-state index in [0.29, 0.717) is 11.5 Å². The first-order valence-corrected chi connectivity index (χ1v) is 8.92. The van der Waals surface area contributed by atoms with Crippen molar-refractivity contribution in [3.05, 3.63) is 84.4 Å². The number of carbonyl (C=O) groups excluding carboxylic acids is 1. The van der Waals surface area contributed by atoms with Gasteiger partial charge in [-0.15, -0.1) is 0 Å². The molecule has 0 aliphatic rings. The fourth-order valence-corrected chi connectivity index (χ4v) is 2.67. The largest absolute Gasteiger partial charge is 0.497 e. The number of para-hydroxylation sites is 1. The fraction of sp³-hybridized carbons (Fsp3) is 0.130. The van der Waals surface area contributed by atoms with Gasteiger partial charge in [0.25, 0.3) is 5.91 Å². The van der Waals surface area contributed by atoms with E-state index >= 15 is 0 Å². The van der Waals surface area contributed by atoms with Gasteiger partial charge in [-0.1, -0.05) is 48.5 Å². The Morgan fingerprint density at radius 3 is 2.32 bits per heavy atom. The summed E-state index contributed by atoms with van der Waals surface area (Å²) < 4.78 is 10.9. The van der Waals surface area contributed by atoms with Crippen molar-refractivity contribution in [1.29, 1.82) is 0 Å². The molecule has 3 aromatic carbocycles. The van der Waals surface area contributed by atoms with Crippen LogP contribution < -0.4 is 14.9 Å². The first-order chi connectivity index (χ1) is 13.7. The third-order valence-electron chi connectivity index (χ3n) is 4.19. The molecular formula is C23H22N2O3. The van der Waals surface area contributed by atoms with Crippen molar-refractivity contribution in [3.8, 4) is 22.6 Å². The Balaban J connectivity index is 1.60. The second-order valence-corrected chi connectivity index (χ2v) is 6.11. The van der Waals surface area contributed by atoms with Crippen LogP contribution in [0.2, 0.25) is 0 Å². The summed E-state index contributed by atoms with van der Waals surface area (Å²) in [7, 11) is 1.62. The van der Waals surface area contributed by atoms with Gasteiger partial charge in [0.05, 0.1) is 12.8 Å². The molecule has 0 atom stereocenters. The summed E-state index contributed by atoms with van der Waals surface area (Å²) in [6.07, 6.45) is 0. The van der Waals surface area contributed by atoms with Crippen molar-refractivity contribution >= 4 is 11.6 Å². The standard InChI is InChI=1S/C23H22N2O3/c1-17(18-12-14-20(27-2)15-13-18)24-25-23(26)16-28-22-11-7-6-10-21(22)19-8-4-3-5-9-19/h3-15H,16H2,1-2H3,(H,25,26)/b24-17+. The predicted molar refractivity (Wildman–Crippen MR) is 111 cm³/mol. The molecule has 0 heterocycles. The Kier molecular flexibility index (Phi) is 6.41. The van der Waals surface area contributed by atoms with Crippen LogP contribution in [0.1, 0.15) is 12.5 Å². The maximum absolute atomic E-state index is 12.1. The third kappa shape index (κ3) is 4.98. The van der Waals surface area contributed by atoms with Crippen LogP contribution in [-0.2, 0) is 4.79 Å². The Morgan fingerprint density at radius 1 is 0.929 bits per heavy atom. The zero-order valence-electron chi connectivity index (χ0n) is 15.9. The van der Waals surface area contributed by atoms with Crippen molar-refractivity contribution in [3.63, 3.8) is 0 Å². The van der Waals surface area contributed by atoms with E-state index in [-0.39, 0.29) is 12.5 Å². The molecule has 0 fully saturated rings. The van der Waals surface area contributed by atoms with Crippen molar-refractivity contribution < 1.29 is 14.3 Å². The van der Waals surface area contributed by atoms with Gasteiger partial charge in [0, 0.05) is 5.56 Å². The normalized spacial score (nSPS) is 11.0. The zero-order chi connectivity index (χ0) is 19.8.